The van der Waals surface area contributed by atoms with Crippen molar-refractivity contribution < 1.29 is 9.59 Å². The van der Waals surface area contributed by atoms with E-state index in [1.807, 2.05) is 58.3 Å². The van der Waals surface area contributed by atoms with Crippen LogP contribution in [-0.2, 0) is 0 Å². The van der Waals surface area contributed by atoms with Crippen molar-refractivity contribution in [2.24, 2.45) is 0 Å². The molecule has 1 atom stereocenters. The van der Waals surface area contributed by atoms with Gasteiger partial charge >= 0.3 is 6.03 Å². The molecule has 2 heterocycles. The Morgan fingerprint density at radius 3 is 2.54 bits per heavy atom. The molecule has 1 N–H and O–H groups in total. The third kappa shape index (κ3) is 4.07. The van der Waals surface area contributed by atoms with Crippen LogP contribution in [0.25, 0.3) is 5.69 Å². The second-order valence-electron chi connectivity index (χ2n) is 6.90. The second kappa shape index (κ2) is 8.08. The van der Waals surface area contributed by atoms with E-state index >= 15 is 0 Å². The van der Waals surface area contributed by atoms with E-state index in [4.69, 9.17) is 0 Å². The number of nitrogens with one attached hydrogen (secondary N) is 1. The van der Waals surface area contributed by atoms with Crippen LogP contribution in [0.1, 0.15) is 29.6 Å². The summed E-state index contributed by atoms with van der Waals surface area (Å²) < 4.78 is 1.93. The van der Waals surface area contributed by atoms with E-state index < -0.39 is 0 Å². The smallest absolute Gasteiger partial charge is 0.319 e. The van der Waals surface area contributed by atoms with Crippen LogP contribution in [0.5, 0.6) is 0 Å². The number of rotatable bonds is 3. The first-order chi connectivity index (χ1) is 12.6. The molecule has 0 spiro atoms. The average molecular weight is 354 g/mol. The van der Waals surface area contributed by atoms with Gasteiger partial charge in [-0.1, -0.05) is 12.1 Å². The quantitative estimate of drug-likeness (QED) is 0.921. The van der Waals surface area contributed by atoms with Crippen molar-refractivity contribution in [2.45, 2.75) is 25.3 Å². The molecule has 2 aromatic rings. The fourth-order valence-corrected chi connectivity index (χ4v) is 3.37. The first kappa shape index (κ1) is 18.0. The molecule has 0 bridgehead atoms. The summed E-state index contributed by atoms with van der Waals surface area (Å²) in [5.41, 5.74) is 1.49. The molecule has 138 valence electrons. The lowest BCUT2D eigenvalue weighted by Gasteiger charge is -2.28. The molecule has 6 heteroatoms. The van der Waals surface area contributed by atoms with Crippen LogP contribution in [0.2, 0.25) is 0 Å². The van der Waals surface area contributed by atoms with Gasteiger partial charge in [0.1, 0.15) is 0 Å². The maximum atomic E-state index is 12.9. The summed E-state index contributed by atoms with van der Waals surface area (Å²) in [4.78, 5) is 28.6. The molecule has 1 aromatic carbocycles. The molecule has 0 radical (unpaired) electrons. The molecular weight excluding hydrogens is 328 g/mol. The van der Waals surface area contributed by atoms with E-state index in [-0.39, 0.29) is 18.0 Å². The first-order valence-corrected chi connectivity index (χ1v) is 9.05. The van der Waals surface area contributed by atoms with Crippen molar-refractivity contribution in [3.8, 4) is 5.69 Å². The lowest BCUT2D eigenvalue weighted by Crippen LogP contribution is -2.47. The highest BCUT2D eigenvalue weighted by molar-refractivity contribution is 5.98. The first-order valence-electron chi connectivity index (χ1n) is 9.05. The number of para-hydroxylation sites is 1. The molecule has 0 aliphatic carbocycles. The van der Waals surface area contributed by atoms with Gasteiger partial charge in [-0.3, -0.25) is 4.79 Å². The van der Waals surface area contributed by atoms with Gasteiger partial charge in [0.2, 0.25) is 0 Å². The van der Waals surface area contributed by atoms with Crippen molar-refractivity contribution in [3.05, 3.63) is 54.4 Å². The summed E-state index contributed by atoms with van der Waals surface area (Å²) in [6.07, 6.45) is 6.70. The zero-order valence-electron chi connectivity index (χ0n) is 15.4. The van der Waals surface area contributed by atoms with E-state index in [0.29, 0.717) is 12.1 Å². The molecule has 1 fully saturated rings. The monoisotopic (exact) mass is 354 g/mol. The van der Waals surface area contributed by atoms with Crippen molar-refractivity contribution in [3.63, 3.8) is 0 Å². The van der Waals surface area contributed by atoms with Gasteiger partial charge in [-0.2, -0.15) is 0 Å². The molecule has 1 saturated heterocycles. The van der Waals surface area contributed by atoms with Crippen LogP contribution in [0.15, 0.2) is 48.8 Å². The number of urea groups is 1. The molecule has 1 aromatic heterocycles. The van der Waals surface area contributed by atoms with Gasteiger partial charge in [0.15, 0.2) is 0 Å². The van der Waals surface area contributed by atoms with Crippen molar-refractivity contribution in [2.75, 3.05) is 27.2 Å². The van der Waals surface area contributed by atoms with Crippen LogP contribution >= 0.6 is 0 Å². The Labute approximate surface area is 154 Å². The van der Waals surface area contributed by atoms with E-state index in [1.54, 1.807) is 19.0 Å². The van der Waals surface area contributed by atoms with Gasteiger partial charge in [-0.25, -0.2) is 4.79 Å². The van der Waals surface area contributed by atoms with Crippen molar-refractivity contribution in [1.82, 2.24) is 19.7 Å². The minimum absolute atomic E-state index is 0.00103. The Morgan fingerprint density at radius 2 is 1.81 bits per heavy atom. The van der Waals surface area contributed by atoms with Gasteiger partial charge in [0.25, 0.3) is 5.91 Å². The van der Waals surface area contributed by atoms with Gasteiger partial charge in [0, 0.05) is 45.6 Å². The molecule has 3 rings (SSSR count). The highest BCUT2D eigenvalue weighted by Gasteiger charge is 2.25. The average Bonchev–Trinajstić information content (AvgIpc) is 3.08. The third-order valence-corrected chi connectivity index (χ3v) is 4.69. The lowest BCUT2D eigenvalue weighted by molar-refractivity contribution is 0.0925. The molecular formula is C20H26N4O2. The number of amides is 3. The summed E-state index contributed by atoms with van der Waals surface area (Å²) in [7, 11) is 3.52. The minimum Gasteiger partial charge on any atom is -0.347 e. The SMILES string of the molecule is CN(C)C(=O)N1CCCC[C@H](NC(=O)c2ccccc2-n2cccc2)C1. The molecule has 1 aliphatic rings. The largest absolute Gasteiger partial charge is 0.347 e. The normalized spacial score (nSPS) is 17.5. The molecule has 1 aliphatic heterocycles. The Bertz CT molecular complexity index is 755. The lowest BCUT2D eigenvalue weighted by atomic mass is 10.1. The fraction of sp³-hybridized carbons (Fsp3) is 0.400. The number of hydrogen-bond donors (Lipinski definition) is 1. The predicted molar refractivity (Wildman–Crippen MR) is 102 cm³/mol. The highest BCUT2D eigenvalue weighted by Crippen LogP contribution is 2.17. The van der Waals surface area contributed by atoms with Gasteiger partial charge in [-0.15, -0.1) is 0 Å². The van der Waals surface area contributed by atoms with Crippen molar-refractivity contribution >= 4 is 11.9 Å². The predicted octanol–water partition coefficient (Wildman–Crippen LogP) is 2.74. The summed E-state index contributed by atoms with van der Waals surface area (Å²) in [5, 5.41) is 3.14. The van der Waals surface area contributed by atoms with Crippen molar-refractivity contribution in [1.29, 1.82) is 0 Å². The number of carbonyl (C=O) groups excluding carboxylic acids is 2. The second-order valence-corrected chi connectivity index (χ2v) is 6.90. The maximum Gasteiger partial charge on any atom is 0.319 e. The van der Waals surface area contributed by atoms with Crippen LogP contribution in [0, 0.1) is 0 Å². The topological polar surface area (TPSA) is 57.6 Å². The summed E-state index contributed by atoms with van der Waals surface area (Å²) >= 11 is 0. The maximum absolute atomic E-state index is 12.9. The van der Waals surface area contributed by atoms with Crippen LogP contribution < -0.4 is 5.32 Å². The Kier molecular flexibility index (Phi) is 5.61. The van der Waals surface area contributed by atoms with Crippen LogP contribution in [0.4, 0.5) is 4.79 Å². The van der Waals surface area contributed by atoms with Crippen LogP contribution in [-0.4, -0.2) is 59.5 Å². The number of hydrogen-bond acceptors (Lipinski definition) is 2. The number of nitrogens with zero attached hydrogens (tertiary/aromatic N) is 3. The fourth-order valence-electron chi connectivity index (χ4n) is 3.37. The molecule has 0 saturated carbocycles. The highest BCUT2D eigenvalue weighted by atomic mass is 16.2. The Morgan fingerprint density at radius 1 is 1.08 bits per heavy atom. The molecule has 3 amide bonds. The minimum atomic E-state index is -0.0987. The summed E-state index contributed by atoms with van der Waals surface area (Å²) in [5.74, 6) is -0.0987. The number of aromatic nitrogens is 1. The zero-order valence-corrected chi connectivity index (χ0v) is 15.4. The van der Waals surface area contributed by atoms with Crippen LogP contribution in [0.3, 0.4) is 0 Å². The number of carbonyl (C=O) groups is 2. The van der Waals surface area contributed by atoms with Gasteiger partial charge < -0.3 is 19.7 Å². The van der Waals surface area contributed by atoms with Gasteiger partial charge in [0.05, 0.1) is 11.3 Å². The molecule has 0 unspecified atom stereocenters. The van der Waals surface area contributed by atoms with Gasteiger partial charge in [-0.05, 0) is 43.5 Å². The van der Waals surface area contributed by atoms with E-state index in [9.17, 15) is 9.59 Å². The Hall–Kier alpha value is -2.76. The zero-order chi connectivity index (χ0) is 18.5. The van der Waals surface area contributed by atoms with E-state index in [0.717, 1.165) is 31.5 Å². The standard InChI is InChI=1S/C20H26N4O2/c1-22(2)20(26)24-14-6-5-9-16(15-24)21-19(25)17-10-3-4-11-18(17)23-12-7-8-13-23/h3-4,7-8,10-13,16H,5-6,9,14-15H2,1-2H3,(H,21,25)/t16-/m0/s1. The molecule has 6 nitrogen and oxygen atoms in total. The third-order valence-electron chi connectivity index (χ3n) is 4.69. The number of benzene rings is 1. The molecule has 26 heavy (non-hydrogen) atoms. The van der Waals surface area contributed by atoms with E-state index in [2.05, 4.69) is 5.32 Å². The number of likely N-dealkylation sites (tertiary alicyclic amines) is 1. The van der Waals surface area contributed by atoms with E-state index in [1.165, 1.54) is 0 Å². The summed E-state index contributed by atoms with van der Waals surface area (Å²) in [6, 6.07) is 11.4. The Balaban J connectivity index is 1.74. The summed E-state index contributed by atoms with van der Waals surface area (Å²) in [6.45, 7) is 1.29.